The molecule has 0 amide bonds. The molecule has 0 radical (unpaired) electrons. The first-order valence-electron chi connectivity index (χ1n) is 14.4. The fourth-order valence-corrected chi connectivity index (χ4v) is 3.69. The second kappa shape index (κ2) is 23.8. The van der Waals surface area contributed by atoms with Crippen LogP contribution in [0.2, 0.25) is 0 Å². The molecule has 0 unspecified atom stereocenters. The van der Waals surface area contributed by atoms with Gasteiger partial charge >= 0.3 is 11.9 Å². The molecule has 0 saturated carbocycles. The first-order valence-corrected chi connectivity index (χ1v) is 15.1. The van der Waals surface area contributed by atoms with Crippen LogP contribution in [-0.4, -0.2) is 56.7 Å². The summed E-state index contributed by atoms with van der Waals surface area (Å²) in [5, 5.41) is 42.9. The Bertz CT molecular complexity index is 1660. The fraction of sp³-hybridized carbons (Fsp3) is 0.189. The number of esters is 1. The molecule has 4 rings (SSSR count). The number of aromatic carboxylic acids is 1. The maximum Gasteiger partial charge on any atom is 0.341 e. The number of methoxy groups -OCH3 is 1. The van der Waals surface area contributed by atoms with Crippen molar-refractivity contribution in [2.45, 2.75) is 34.2 Å². The minimum atomic E-state index is -1.11. The van der Waals surface area contributed by atoms with Gasteiger partial charge in [-0.05, 0) is 79.9 Å². The largest absolute Gasteiger partial charge is 0.507 e. The lowest BCUT2D eigenvalue weighted by molar-refractivity contribution is 0.0596. The topological polar surface area (TPSA) is 168 Å². The van der Waals surface area contributed by atoms with Gasteiger partial charge in [-0.15, -0.1) is 0 Å². The number of hydrogen-bond acceptors (Lipinski definition) is 9. The van der Waals surface area contributed by atoms with E-state index in [1.807, 2.05) is 20.9 Å². The van der Waals surface area contributed by atoms with Gasteiger partial charge in [0, 0.05) is 20.5 Å². The smallest absolute Gasteiger partial charge is 0.341 e. The highest BCUT2D eigenvalue weighted by molar-refractivity contribution is 6.68. The summed E-state index contributed by atoms with van der Waals surface area (Å²) in [5.74, 6) is -1.97. The van der Waals surface area contributed by atoms with Crippen LogP contribution < -0.4 is 0 Å². The Labute approximate surface area is 296 Å². The zero-order chi connectivity index (χ0) is 37.5. The number of aromatic hydroxyl groups is 3. The molecular weight excluding hydrogens is 671 g/mol. The molecule has 12 heteroatoms. The van der Waals surface area contributed by atoms with Crippen molar-refractivity contribution in [3.63, 3.8) is 0 Å². The molecule has 0 heterocycles. The van der Waals surface area contributed by atoms with Crippen molar-refractivity contribution in [1.82, 2.24) is 4.90 Å². The number of para-hydroxylation sites is 3. The summed E-state index contributed by atoms with van der Waals surface area (Å²) >= 11 is 11.3. The van der Waals surface area contributed by atoms with Crippen molar-refractivity contribution in [3.8, 4) is 23.3 Å². The molecule has 0 bridgehead atoms. The van der Waals surface area contributed by atoms with E-state index < -0.39 is 17.2 Å². The molecule has 4 aromatic carbocycles. The number of hydrogen-bond donors (Lipinski definition) is 4. The first kappa shape index (κ1) is 43.5. The molecule has 0 atom stereocenters. The fourth-order valence-electron chi connectivity index (χ4n) is 3.47. The number of carboxylic acids is 1. The highest BCUT2D eigenvalue weighted by atomic mass is 35.5. The van der Waals surface area contributed by atoms with E-state index in [1.54, 1.807) is 42.5 Å². The standard InChI is InChI=1S/C13H18ClN.C8H8O3.C7H5ClO2.C7H6O3.C2H3N/c1-10(2)13(14)15(4)9-12-7-5-11(3)6-8-12;1-11-8(10)6-4-2-3-5-7(6)9;8-7(10)5-3-1-2-4-6(5)9;8-6-4-2-1-3-5(6)7(9)10;1-2-3/h5-8H,9H2,1-4H3;2-5,9H,1H3;1-4,9H;1-4,8H,(H,9,10);1H3. The van der Waals surface area contributed by atoms with Gasteiger partial charge in [-0.25, -0.2) is 9.59 Å². The number of rotatable bonds is 6. The van der Waals surface area contributed by atoms with Crippen molar-refractivity contribution >= 4 is 40.4 Å². The molecule has 0 saturated heterocycles. The lowest BCUT2D eigenvalue weighted by Gasteiger charge is -2.19. The number of aryl methyl sites for hydroxylation is 1. The van der Waals surface area contributed by atoms with E-state index in [9.17, 15) is 14.4 Å². The average molecular weight is 712 g/mol. The third-order valence-corrected chi connectivity index (χ3v) is 6.72. The maximum absolute atomic E-state index is 10.9. The Morgan fingerprint density at radius 3 is 1.45 bits per heavy atom. The summed E-state index contributed by atoms with van der Waals surface area (Å²) in [4.78, 5) is 33.6. The molecule has 260 valence electrons. The van der Waals surface area contributed by atoms with E-state index in [2.05, 4.69) is 40.8 Å². The average Bonchev–Trinajstić information content (AvgIpc) is 3.06. The second-order valence-electron chi connectivity index (χ2n) is 9.98. The number of phenols is 3. The molecule has 0 aromatic heterocycles. The Morgan fingerprint density at radius 1 is 0.755 bits per heavy atom. The van der Waals surface area contributed by atoms with E-state index >= 15 is 0 Å². The van der Waals surface area contributed by atoms with Gasteiger partial charge in [0.1, 0.15) is 33.5 Å². The van der Waals surface area contributed by atoms with Gasteiger partial charge in [-0.3, -0.25) is 4.79 Å². The van der Waals surface area contributed by atoms with Gasteiger partial charge in [0.15, 0.2) is 0 Å². The van der Waals surface area contributed by atoms with Crippen LogP contribution in [-0.2, 0) is 11.3 Å². The monoisotopic (exact) mass is 710 g/mol. The van der Waals surface area contributed by atoms with Crippen LogP contribution in [0.15, 0.2) is 108 Å². The third-order valence-electron chi connectivity index (χ3n) is 5.85. The van der Waals surface area contributed by atoms with Crippen molar-refractivity contribution in [2.75, 3.05) is 14.2 Å². The predicted molar refractivity (Wildman–Crippen MR) is 191 cm³/mol. The van der Waals surface area contributed by atoms with Gasteiger partial charge < -0.3 is 30.1 Å². The Hall–Kier alpha value is -5.50. The molecular formula is C37H40Cl2N2O8. The quantitative estimate of drug-likeness (QED) is 0.0865. The van der Waals surface area contributed by atoms with E-state index in [0.29, 0.717) is 0 Å². The number of allylic oxidation sites excluding steroid dienone is 1. The van der Waals surface area contributed by atoms with Crippen molar-refractivity contribution in [1.29, 1.82) is 5.26 Å². The zero-order valence-electron chi connectivity index (χ0n) is 28.0. The summed E-state index contributed by atoms with van der Waals surface area (Å²) in [5.41, 5.74) is 3.98. The Morgan fingerprint density at radius 2 is 1.14 bits per heavy atom. The molecule has 0 spiro atoms. The first-order chi connectivity index (χ1) is 23.1. The Kier molecular flexibility index (Phi) is 21.1. The summed E-state index contributed by atoms with van der Waals surface area (Å²) in [7, 11) is 3.28. The van der Waals surface area contributed by atoms with Gasteiger partial charge in [0.25, 0.3) is 5.24 Å². The SMILES string of the molecule is CC#N.CC(C)=C(Cl)N(C)Cc1ccc(C)cc1.COC(=O)c1ccccc1O.O=C(Cl)c1ccccc1O.O=C(O)c1ccccc1O. The number of nitriles is 1. The van der Waals surface area contributed by atoms with Crippen LogP contribution in [0.25, 0.3) is 0 Å². The van der Waals surface area contributed by atoms with E-state index in [-0.39, 0.29) is 33.9 Å². The van der Waals surface area contributed by atoms with Crippen LogP contribution in [0.3, 0.4) is 0 Å². The number of carbonyl (C=O) groups is 3. The molecule has 4 aromatic rings. The van der Waals surface area contributed by atoms with Gasteiger partial charge in [-0.1, -0.05) is 77.8 Å². The van der Waals surface area contributed by atoms with Crippen LogP contribution in [0.4, 0.5) is 0 Å². The molecule has 0 aliphatic heterocycles. The molecule has 0 aliphatic rings. The van der Waals surface area contributed by atoms with Crippen molar-refractivity contribution in [3.05, 3.63) is 136 Å². The second-order valence-corrected chi connectivity index (χ2v) is 10.7. The van der Waals surface area contributed by atoms with E-state index in [0.717, 1.165) is 17.3 Å². The lowest BCUT2D eigenvalue weighted by atomic mass is 10.1. The molecule has 4 N–H and O–H groups in total. The number of carbonyl (C=O) groups excluding carboxylic acids is 2. The zero-order valence-corrected chi connectivity index (χ0v) is 29.5. The number of halogens is 2. The van der Waals surface area contributed by atoms with E-state index in [1.165, 1.54) is 61.6 Å². The Balaban J connectivity index is 0.000000618. The normalized spacial score (nSPS) is 9.04. The van der Waals surface area contributed by atoms with Crippen LogP contribution in [0.5, 0.6) is 17.2 Å². The van der Waals surface area contributed by atoms with Crippen LogP contribution in [0, 0.1) is 18.3 Å². The third kappa shape index (κ3) is 17.3. The summed E-state index contributed by atoms with van der Waals surface area (Å²) < 4.78 is 4.42. The summed E-state index contributed by atoms with van der Waals surface area (Å²) in [6.07, 6.45) is 0. The highest BCUT2D eigenvalue weighted by Crippen LogP contribution is 2.18. The predicted octanol–water partition coefficient (Wildman–Crippen LogP) is 8.49. The van der Waals surface area contributed by atoms with Gasteiger partial charge in [0.2, 0.25) is 0 Å². The molecule has 10 nitrogen and oxygen atoms in total. The van der Waals surface area contributed by atoms with Gasteiger partial charge in [-0.2, -0.15) is 5.26 Å². The minimum Gasteiger partial charge on any atom is -0.507 e. The summed E-state index contributed by atoms with van der Waals surface area (Å²) in [6.45, 7) is 8.42. The van der Waals surface area contributed by atoms with Crippen molar-refractivity contribution in [2.24, 2.45) is 0 Å². The van der Waals surface area contributed by atoms with Crippen LogP contribution >= 0.6 is 23.2 Å². The maximum atomic E-state index is 10.9. The number of phenolic OH excluding ortho intramolecular Hbond substituents is 2. The number of ether oxygens (including phenoxy) is 1. The molecule has 49 heavy (non-hydrogen) atoms. The van der Waals surface area contributed by atoms with Crippen molar-refractivity contribution < 1.29 is 39.5 Å². The van der Waals surface area contributed by atoms with E-state index in [4.69, 9.17) is 48.9 Å². The van der Waals surface area contributed by atoms with Crippen LogP contribution in [0.1, 0.15) is 63.0 Å². The number of nitrogens with zero attached hydrogens (tertiary/aromatic N) is 2. The lowest BCUT2D eigenvalue weighted by Crippen LogP contribution is -2.14. The highest BCUT2D eigenvalue weighted by Gasteiger charge is 2.09. The number of benzene rings is 4. The van der Waals surface area contributed by atoms with Gasteiger partial charge in [0.05, 0.1) is 18.7 Å². The minimum absolute atomic E-state index is 0.0562. The molecule has 0 aliphatic carbocycles. The molecule has 0 fully saturated rings. The number of carboxylic acid groups (broad SMARTS) is 1. The summed E-state index contributed by atoms with van der Waals surface area (Å²) in [6, 6.07) is 28.5.